The molecule has 2 rings (SSSR count). The predicted molar refractivity (Wildman–Crippen MR) is 72.4 cm³/mol. The van der Waals surface area contributed by atoms with Gasteiger partial charge < -0.3 is 5.32 Å². The van der Waals surface area contributed by atoms with Crippen molar-refractivity contribution in [3.8, 4) is 6.07 Å². The highest BCUT2D eigenvalue weighted by Crippen LogP contribution is 2.26. The molecule has 7 heteroatoms. The SMILES string of the molecule is C[C@@H]1CN(S(=O)(=O)c2ccc(C#N)cc2Cl)CCN1. The summed E-state index contributed by atoms with van der Waals surface area (Å²) in [5, 5.41) is 12.0. The van der Waals surface area contributed by atoms with E-state index in [1.54, 1.807) is 0 Å². The van der Waals surface area contributed by atoms with Crippen LogP contribution in [0.3, 0.4) is 0 Å². The molecule has 0 amide bonds. The number of nitrogens with one attached hydrogen (secondary N) is 1. The molecule has 1 N–H and O–H groups in total. The molecule has 0 unspecified atom stereocenters. The van der Waals surface area contributed by atoms with Crippen molar-refractivity contribution in [3.63, 3.8) is 0 Å². The lowest BCUT2D eigenvalue weighted by Crippen LogP contribution is -2.51. The summed E-state index contributed by atoms with van der Waals surface area (Å²) in [7, 11) is -3.60. The highest BCUT2D eigenvalue weighted by molar-refractivity contribution is 7.89. The van der Waals surface area contributed by atoms with Gasteiger partial charge in [-0.3, -0.25) is 0 Å². The normalized spacial score (nSPS) is 21.0. The molecule has 1 aromatic carbocycles. The van der Waals surface area contributed by atoms with Crippen LogP contribution in [-0.2, 0) is 10.0 Å². The molecular formula is C12H14ClN3O2S. The second-order valence-electron chi connectivity index (χ2n) is 4.48. The van der Waals surface area contributed by atoms with Crippen molar-refractivity contribution < 1.29 is 8.42 Å². The number of nitriles is 1. The molecule has 0 spiro atoms. The van der Waals surface area contributed by atoms with E-state index in [-0.39, 0.29) is 16.0 Å². The Morgan fingerprint density at radius 2 is 2.26 bits per heavy atom. The summed E-state index contributed by atoms with van der Waals surface area (Å²) in [4.78, 5) is 0.0577. The number of nitrogens with zero attached hydrogens (tertiary/aromatic N) is 2. The van der Waals surface area contributed by atoms with Gasteiger partial charge in [-0.2, -0.15) is 9.57 Å². The Labute approximate surface area is 117 Å². The Morgan fingerprint density at radius 1 is 1.53 bits per heavy atom. The van der Waals surface area contributed by atoms with Crippen molar-refractivity contribution in [3.05, 3.63) is 28.8 Å². The second kappa shape index (κ2) is 5.47. The quantitative estimate of drug-likeness (QED) is 0.890. The Kier molecular flexibility index (Phi) is 4.11. The van der Waals surface area contributed by atoms with Crippen LogP contribution < -0.4 is 5.32 Å². The third-order valence-corrected chi connectivity index (χ3v) is 5.36. The van der Waals surface area contributed by atoms with E-state index in [0.717, 1.165) is 0 Å². The maximum atomic E-state index is 12.5. The number of halogens is 1. The molecule has 1 aliphatic rings. The topological polar surface area (TPSA) is 73.2 Å². The van der Waals surface area contributed by atoms with Crippen LogP contribution in [0.1, 0.15) is 12.5 Å². The molecule has 1 heterocycles. The third-order valence-electron chi connectivity index (χ3n) is 3.01. The smallest absolute Gasteiger partial charge is 0.244 e. The van der Waals surface area contributed by atoms with Crippen molar-refractivity contribution in [2.45, 2.75) is 17.9 Å². The fourth-order valence-corrected chi connectivity index (χ4v) is 4.08. The van der Waals surface area contributed by atoms with E-state index < -0.39 is 10.0 Å². The van der Waals surface area contributed by atoms with E-state index in [1.165, 1.54) is 22.5 Å². The predicted octanol–water partition coefficient (Wildman–Crippen LogP) is 1.19. The van der Waals surface area contributed by atoms with E-state index in [2.05, 4.69) is 5.32 Å². The Balaban J connectivity index is 2.37. The molecule has 0 bridgehead atoms. The minimum Gasteiger partial charge on any atom is -0.312 e. The summed E-state index contributed by atoms with van der Waals surface area (Å²) in [5.74, 6) is 0. The standard InChI is InChI=1S/C12H14ClN3O2S/c1-9-8-16(5-4-15-9)19(17,18)12-3-2-10(7-14)6-11(12)13/h2-3,6,9,15H,4-5,8H2,1H3/t9-/m1/s1. The Bertz CT molecular complexity index is 624. The lowest BCUT2D eigenvalue weighted by atomic mass is 10.2. The fourth-order valence-electron chi connectivity index (χ4n) is 2.03. The zero-order chi connectivity index (χ0) is 14.0. The summed E-state index contributed by atoms with van der Waals surface area (Å²) >= 11 is 5.98. The maximum absolute atomic E-state index is 12.5. The van der Waals surface area contributed by atoms with Gasteiger partial charge in [-0.05, 0) is 25.1 Å². The number of benzene rings is 1. The van der Waals surface area contributed by atoms with Crippen molar-refractivity contribution in [2.75, 3.05) is 19.6 Å². The fraction of sp³-hybridized carbons (Fsp3) is 0.417. The largest absolute Gasteiger partial charge is 0.312 e. The van der Waals surface area contributed by atoms with Gasteiger partial charge in [-0.15, -0.1) is 0 Å². The summed E-state index contributed by atoms with van der Waals surface area (Å²) in [6.07, 6.45) is 0. The van der Waals surface area contributed by atoms with Gasteiger partial charge in [0.2, 0.25) is 10.0 Å². The van der Waals surface area contributed by atoms with Gasteiger partial charge in [-0.25, -0.2) is 8.42 Å². The molecule has 1 saturated heterocycles. The van der Waals surface area contributed by atoms with Crippen molar-refractivity contribution in [1.29, 1.82) is 5.26 Å². The lowest BCUT2D eigenvalue weighted by Gasteiger charge is -2.31. The first-order valence-corrected chi connectivity index (χ1v) is 7.70. The molecule has 5 nitrogen and oxygen atoms in total. The summed E-state index contributed by atoms with van der Waals surface area (Å²) in [5.41, 5.74) is 0.345. The van der Waals surface area contributed by atoms with Gasteiger partial charge in [-0.1, -0.05) is 11.6 Å². The molecule has 0 aromatic heterocycles. The van der Waals surface area contributed by atoms with Gasteiger partial charge in [0.05, 0.1) is 16.7 Å². The average Bonchev–Trinajstić information content (AvgIpc) is 2.38. The van der Waals surface area contributed by atoms with Crippen molar-refractivity contribution >= 4 is 21.6 Å². The van der Waals surface area contributed by atoms with Gasteiger partial charge in [0.1, 0.15) is 4.90 Å². The van der Waals surface area contributed by atoms with Crippen LogP contribution in [0.15, 0.2) is 23.1 Å². The number of hydrogen-bond donors (Lipinski definition) is 1. The molecule has 1 aliphatic heterocycles. The van der Waals surface area contributed by atoms with Gasteiger partial charge in [0.15, 0.2) is 0 Å². The van der Waals surface area contributed by atoms with Crippen LogP contribution >= 0.6 is 11.6 Å². The van der Waals surface area contributed by atoms with Gasteiger partial charge in [0.25, 0.3) is 0 Å². The number of piperazine rings is 1. The van der Waals surface area contributed by atoms with Crippen LogP contribution in [0.2, 0.25) is 5.02 Å². The van der Waals surface area contributed by atoms with Crippen molar-refractivity contribution in [2.24, 2.45) is 0 Å². The zero-order valence-corrected chi connectivity index (χ0v) is 12.0. The summed E-state index contributed by atoms with van der Waals surface area (Å²) in [6.45, 7) is 3.39. The number of sulfonamides is 1. The second-order valence-corrected chi connectivity index (χ2v) is 6.79. The molecule has 0 radical (unpaired) electrons. The maximum Gasteiger partial charge on any atom is 0.244 e. The van der Waals surface area contributed by atoms with E-state index >= 15 is 0 Å². The first-order valence-electron chi connectivity index (χ1n) is 5.88. The van der Waals surface area contributed by atoms with E-state index in [9.17, 15) is 8.42 Å². The first kappa shape index (κ1) is 14.3. The highest BCUT2D eigenvalue weighted by Gasteiger charge is 2.30. The number of rotatable bonds is 2. The monoisotopic (exact) mass is 299 g/mol. The zero-order valence-electron chi connectivity index (χ0n) is 10.4. The molecule has 102 valence electrons. The Morgan fingerprint density at radius 3 is 2.84 bits per heavy atom. The molecule has 1 aromatic rings. The van der Waals surface area contributed by atoms with Crippen LogP contribution in [0.4, 0.5) is 0 Å². The van der Waals surface area contributed by atoms with Crippen LogP contribution in [-0.4, -0.2) is 38.4 Å². The lowest BCUT2D eigenvalue weighted by molar-refractivity contribution is 0.310. The third kappa shape index (κ3) is 2.90. The average molecular weight is 300 g/mol. The van der Waals surface area contributed by atoms with Crippen molar-refractivity contribution in [1.82, 2.24) is 9.62 Å². The minimum atomic E-state index is -3.60. The molecule has 0 saturated carbocycles. The molecule has 0 aliphatic carbocycles. The van der Waals surface area contributed by atoms with Crippen LogP contribution in [0, 0.1) is 11.3 Å². The highest BCUT2D eigenvalue weighted by atomic mass is 35.5. The number of hydrogen-bond acceptors (Lipinski definition) is 4. The summed E-state index contributed by atoms with van der Waals surface area (Å²) < 4.78 is 26.4. The minimum absolute atomic E-state index is 0.0577. The van der Waals surface area contributed by atoms with Gasteiger partial charge >= 0.3 is 0 Å². The molecule has 1 atom stereocenters. The van der Waals surface area contributed by atoms with Crippen LogP contribution in [0.25, 0.3) is 0 Å². The first-order chi connectivity index (χ1) is 8.95. The Hall–Kier alpha value is -1.13. The molecule has 1 fully saturated rings. The van der Waals surface area contributed by atoms with E-state index in [1.807, 2.05) is 13.0 Å². The summed E-state index contributed by atoms with van der Waals surface area (Å²) in [6, 6.07) is 6.27. The van der Waals surface area contributed by atoms with E-state index in [4.69, 9.17) is 16.9 Å². The van der Waals surface area contributed by atoms with Gasteiger partial charge in [0, 0.05) is 25.7 Å². The molecular weight excluding hydrogens is 286 g/mol. The molecule has 19 heavy (non-hydrogen) atoms. The van der Waals surface area contributed by atoms with E-state index in [0.29, 0.717) is 25.2 Å². The van der Waals surface area contributed by atoms with Crippen LogP contribution in [0.5, 0.6) is 0 Å².